The molecule has 0 aliphatic rings. The van der Waals surface area contributed by atoms with E-state index in [1.165, 1.54) is 24.3 Å². The molecule has 0 heterocycles. The minimum atomic E-state index is -0.670. The first-order valence-electron chi connectivity index (χ1n) is 6.70. The van der Waals surface area contributed by atoms with Crippen molar-refractivity contribution in [3.05, 3.63) is 82.1 Å². The molecule has 2 rings (SSSR count). The van der Waals surface area contributed by atoms with E-state index in [2.05, 4.69) is 21.2 Å². The summed E-state index contributed by atoms with van der Waals surface area (Å²) in [6.45, 7) is 0. The van der Waals surface area contributed by atoms with Gasteiger partial charge < -0.3 is 5.32 Å². The predicted molar refractivity (Wildman–Crippen MR) is 92.1 cm³/mol. The van der Waals surface area contributed by atoms with Crippen LogP contribution in [0.1, 0.15) is 5.56 Å². The van der Waals surface area contributed by atoms with Gasteiger partial charge in [-0.2, -0.15) is 5.26 Å². The second-order valence-electron chi connectivity index (χ2n) is 4.54. The number of carbonyl (C=O) groups is 1. The van der Waals surface area contributed by atoms with Gasteiger partial charge in [-0.05, 0) is 29.8 Å². The van der Waals surface area contributed by atoms with E-state index in [0.29, 0.717) is 4.48 Å². The van der Waals surface area contributed by atoms with Crippen molar-refractivity contribution >= 4 is 33.6 Å². The number of rotatable bonds is 4. The number of nitrogens with one attached hydrogen (secondary N) is 1. The number of hydrogen-bond donors (Lipinski definition) is 1. The van der Waals surface area contributed by atoms with Gasteiger partial charge in [-0.25, -0.2) is 4.39 Å². The molecule has 0 fully saturated rings. The van der Waals surface area contributed by atoms with Crippen LogP contribution in [0.4, 0.5) is 10.1 Å². The molecule has 0 atom stereocenters. The van der Waals surface area contributed by atoms with E-state index in [1.807, 2.05) is 36.4 Å². The number of halogens is 2. The van der Waals surface area contributed by atoms with Gasteiger partial charge in [0.1, 0.15) is 17.5 Å². The molecule has 5 heteroatoms. The number of amides is 1. The smallest absolute Gasteiger partial charge is 0.266 e. The summed E-state index contributed by atoms with van der Waals surface area (Å²) in [5.74, 6) is -1.23. The molecular weight excluding hydrogens is 359 g/mol. The maximum atomic E-state index is 13.5. The van der Waals surface area contributed by atoms with Gasteiger partial charge in [0.25, 0.3) is 5.91 Å². The van der Waals surface area contributed by atoms with E-state index < -0.39 is 11.7 Å². The zero-order valence-electron chi connectivity index (χ0n) is 12.0. The van der Waals surface area contributed by atoms with Gasteiger partial charge in [-0.1, -0.05) is 58.4 Å². The van der Waals surface area contributed by atoms with Crippen LogP contribution in [-0.2, 0) is 4.79 Å². The summed E-state index contributed by atoms with van der Waals surface area (Å²) in [5, 5.41) is 11.5. The second kappa shape index (κ2) is 8.06. The first-order chi connectivity index (χ1) is 11.1. The third-order valence-electron chi connectivity index (χ3n) is 2.87. The Morgan fingerprint density at radius 2 is 1.78 bits per heavy atom. The number of para-hydroxylation sites is 1. The van der Waals surface area contributed by atoms with E-state index in [-0.39, 0.29) is 11.3 Å². The van der Waals surface area contributed by atoms with E-state index in [1.54, 1.807) is 12.1 Å². The van der Waals surface area contributed by atoms with Crippen molar-refractivity contribution < 1.29 is 9.18 Å². The molecule has 0 unspecified atom stereocenters. The van der Waals surface area contributed by atoms with Crippen LogP contribution in [0, 0.1) is 17.1 Å². The lowest BCUT2D eigenvalue weighted by Gasteiger charge is -2.05. The molecule has 114 valence electrons. The zero-order valence-corrected chi connectivity index (χ0v) is 13.5. The summed E-state index contributed by atoms with van der Waals surface area (Å²) >= 11 is 3.30. The topological polar surface area (TPSA) is 52.9 Å². The summed E-state index contributed by atoms with van der Waals surface area (Å²) in [5.41, 5.74) is 0.816. The summed E-state index contributed by atoms with van der Waals surface area (Å²) in [6, 6.07) is 17.0. The lowest BCUT2D eigenvalue weighted by atomic mass is 10.2. The van der Waals surface area contributed by atoms with Gasteiger partial charge in [0.15, 0.2) is 0 Å². The maximum Gasteiger partial charge on any atom is 0.266 e. The molecule has 0 radical (unpaired) electrons. The van der Waals surface area contributed by atoms with Crippen molar-refractivity contribution in [2.45, 2.75) is 0 Å². The van der Waals surface area contributed by atoms with Crippen molar-refractivity contribution in [1.82, 2.24) is 0 Å². The highest BCUT2D eigenvalue weighted by Crippen LogP contribution is 2.17. The molecular formula is C18H12BrFN2O. The normalized spacial score (nSPS) is 11.7. The number of carbonyl (C=O) groups excluding carboxylic acids is 1. The highest BCUT2D eigenvalue weighted by Gasteiger charge is 2.11. The molecule has 1 amide bonds. The van der Waals surface area contributed by atoms with Crippen LogP contribution in [0.2, 0.25) is 0 Å². The minimum absolute atomic E-state index is 0.0295. The van der Waals surface area contributed by atoms with Crippen LogP contribution in [0.3, 0.4) is 0 Å². The van der Waals surface area contributed by atoms with E-state index >= 15 is 0 Å². The Balaban J connectivity index is 2.19. The van der Waals surface area contributed by atoms with E-state index in [0.717, 1.165) is 5.56 Å². The average molecular weight is 371 g/mol. The highest BCUT2D eigenvalue weighted by molar-refractivity contribution is 9.12. The molecule has 2 aromatic carbocycles. The second-order valence-corrected chi connectivity index (χ2v) is 5.46. The largest absolute Gasteiger partial charge is 0.319 e. The molecule has 2 aromatic rings. The molecule has 0 aliphatic carbocycles. The summed E-state index contributed by atoms with van der Waals surface area (Å²) < 4.78 is 14.1. The molecule has 0 aromatic heterocycles. The number of anilines is 1. The van der Waals surface area contributed by atoms with E-state index in [4.69, 9.17) is 5.26 Å². The monoisotopic (exact) mass is 370 g/mol. The van der Waals surface area contributed by atoms with Gasteiger partial charge in [-0.3, -0.25) is 4.79 Å². The minimum Gasteiger partial charge on any atom is -0.319 e. The van der Waals surface area contributed by atoms with Crippen LogP contribution in [0.5, 0.6) is 0 Å². The molecule has 3 nitrogen and oxygen atoms in total. The van der Waals surface area contributed by atoms with Crippen LogP contribution in [0.25, 0.3) is 6.08 Å². The number of benzene rings is 2. The Labute approximate surface area is 141 Å². The number of hydrogen-bond acceptors (Lipinski definition) is 2. The summed E-state index contributed by atoms with van der Waals surface area (Å²) in [7, 11) is 0. The maximum absolute atomic E-state index is 13.5. The standard InChI is InChI=1S/C18H12BrFN2O/c19-15(10-13-6-2-1-3-7-13)11-14(12-21)18(23)22-17-9-5-4-8-16(17)20/h1-11H,(H,22,23)/b14-11+,15-10-. The number of nitriles is 1. The molecule has 0 bridgehead atoms. The third-order valence-corrected chi connectivity index (χ3v) is 3.33. The quantitative estimate of drug-likeness (QED) is 0.483. The Bertz CT molecular complexity index is 807. The van der Waals surface area contributed by atoms with Gasteiger partial charge in [0, 0.05) is 4.48 Å². The molecule has 0 saturated carbocycles. The lowest BCUT2D eigenvalue weighted by Crippen LogP contribution is -2.14. The lowest BCUT2D eigenvalue weighted by molar-refractivity contribution is -0.112. The van der Waals surface area contributed by atoms with Crippen molar-refractivity contribution in [2.75, 3.05) is 5.32 Å². The first-order valence-corrected chi connectivity index (χ1v) is 7.49. The molecule has 0 saturated heterocycles. The fraction of sp³-hybridized carbons (Fsp3) is 0. The summed E-state index contributed by atoms with van der Waals surface area (Å²) in [6.07, 6.45) is 3.16. The molecule has 0 spiro atoms. The van der Waals surface area contributed by atoms with Gasteiger partial charge in [0.2, 0.25) is 0 Å². The molecule has 1 N–H and O–H groups in total. The van der Waals surface area contributed by atoms with Crippen LogP contribution >= 0.6 is 15.9 Å². The van der Waals surface area contributed by atoms with E-state index in [9.17, 15) is 9.18 Å². The fourth-order valence-corrected chi connectivity index (χ4v) is 2.28. The molecule has 0 aliphatic heterocycles. The summed E-state index contributed by atoms with van der Waals surface area (Å²) in [4.78, 5) is 12.1. The SMILES string of the molecule is N#C/C(=C\C(Br)=C\c1ccccc1)C(=O)Nc1ccccc1F. The Kier molecular flexibility index (Phi) is 5.84. The van der Waals surface area contributed by atoms with Gasteiger partial charge >= 0.3 is 0 Å². The van der Waals surface area contributed by atoms with Crippen LogP contribution in [-0.4, -0.2) is 5.91 Å². The highest BCUT2D eigenvalue weighted by atomic mass is 79.9. The van der Waals surface area contributed by atoms with Crippen molar-refractivity contribution in [3.63, 3.8) is 0 Å². The number of allylic oxidation sites excluding steroid dienone is 2. The average Bonchev–Trinajstić information content (AvgIpc) is 2.55. The van der Waals surface area contributed by atoms with Gasteiger partial charge in [-0.15, -0.1) is 0 Å². The first kappa shape index (κ1) is 16.7. The Morgan fingerprint density at radius 1 is 1.13 bits per heavy atom. The van der Waals surface area contributed by atoms with Crippen molar-refractivity contribution in [1.29, 1.82) is 5.26 Å². The predicted octanol–water partition coefficient (Wildman–Crippen LogP) is 4.65. The molecule has 23 heavy (non-hydrogen) atoms. The zero-order chi connectivity index (χ0) is 16.7. The Hall–Kier alpha value is -2.71. The Morgan fingerprint density at radius 3 is 2.43 bits per heavy atom. The number of nitrogens with zero attached hydrogens (tertiary/aromatic N) is 1. The van der Waals surface area contributed by atoms with Crippen molar-refractivity contribution in [3.8, 4) is 6.07 Å². The van der Waals surface area contributed by atoms with Gasteiger partial charge in [0.05, 0.1) is 5.69 Å². The van der Waals surface area contributed by atoms with Crippen LogP contribution < -0.4 is 5.32 Å². The fourth-order valence-electron chi connectivity index (χ4n) is 1.79. The van der Waals surface area contributed by atoms with Crippen molar-refractivity contribution in [2.24, 2.45) is 0 Å². The third kappa shape index (κ3) is 4.90. The van der Waals surface area contributed by atoms with Crippen LogP contribution in [0.15, 0.2) is 70.7 Å².